The van der Waals surface area contributed by atoms with E-state index in [4.69, 9.17) is 21.4 Å². The fourth-order valence-corrected chi connectivity index (χ4v) is 5.89. The van der Waals surface area contributed by atoms with Crippen molar-refractivity contribution in [3.8, 4) is 0 Å². The fraction of sp³-hybridized carbons (Fsp3) is 0.478. The zero-order chi connectivity index (χ0) is 22.5. The SMILES string of the molecule is CCc1nc(Sc2ccnc(N)c2C)c(C)nc1N1CCC2(CC1)Cn1nccc1[C@H]2N. The highest BCUT2D eigenvalue weighted by Gasteiger charge is 2.47. The Balaban J connectivity index is 1.36. The quantitative estimate of drug-likeness (QED) is 0.623. The Hall–Kier alpha value is -2.65. The summed E-state index contributed by atoms with van der Waals surface area (Å²) in [5.74, 6) is 1.57. The van der Waals surface area contributed by atoms with Crippen LogP contribution in [0.2, 0.25) is 0 Å². The van der Waals surface area contributed by atoms with Crippen molar-refractivity contribution in [2.75, 3.05) is 23.7 Å². The molecule has 9 heteroatoms. The number of hydrogen-bond acceptors (Lipinski definition) is 8. The number of aromatic nitrogens is 5. The lowest BCUT2D eigenvalue weighted by Crippen LogP contribution is -2.45. The molecule has 0 radical (unpaired) electrons. The van der Waals surface area contributed by atoms with Crippen molar-refractivity contribution in [1.82, 2.24) is 24.7 Å². The second kappa shape index (κ2) is 8.04. The van der Waals surface area contributed by atoms with Crippen LogP contribution in [0.15, 0.2) is 34.4 Å². The number of anilines is 2. The van der Waals surface area contributed by atoms with Gasteiger partial charge in [-0.05, 0) is 45.2 Å². The minimum absolute atomic E-state index is 0.0560. The number of nitrogens with two attached hydrogens (primary N) is 2. The summed E-state index contributed by atoms with van der Waals surface area (Å²) in [7, 11) is 0. The van der Waals surface area contributed by atoms with E-state index in [1.54, 1.807) is 18.0 Å². The van der Waals surface area contributed by atoms with Crippen LogP contribution in [0.25, 0.3) is 0 Å². The molecule has 1 saturated heterocycles. The molecule has 2 aliphatic heterocycles. The molecule has 0 aromatic carbocycles. The lowest BCUT2D eigenvalue weighted by molar-refractivity contribution is 0.170. The number of nitrogen functional groups attached to an aromatic ring is 1. The fourth-order valence-electron chi connectivity index (χ4n) is 4.94. The van der Waals surface area contributed by atoms with Crippen LogP contribution in [0.1, 0.15) is 48.5 Å². The van der Waals surface area contributed by atoms with E-state index in [-0.39, 0.29) is 11.5 Å². The summed E-state index contributed by atoms with van der Waals surface area (Å²) in [6.45, 7) is 8.96. The molecule has 0 bridgehead atoms. The first-order valence-electron chi connectivity index (χ1n) is 11.2. The molecule has 0 saturated carbocycles. The molecule has 0 unspecified atom stereocenters. The molecular formula is C23H30N8S. The van der Waals surface area contributed by atoms with Gasteiger partial charge in [-0.1, -0.05) is 18.7 Å². The molecule has 32 heavy (non-hydrogen) atoms. The maximum Gasteiger partial charge on any atom is 0.150 e. The van der Waals surface area contributed by atoms with Crippen molar-refractivity contribution in [3.63, 3.8) is 0 Å². The van der Waals surface area contributed by atoms with Gasteiger partial charge in [0.05, 0.1) is 23.1 Å². The molecule has 0 aliphatic carbocycles. The number of hydrogen-bond donors (Lipinski definition) is 2. The van der Waals surface area contributed by atoms with Crippen LogP contribution in [-0.4, -0.2) is 37.8 Å². The number of aryl methyl sites for hydroxylation is 2. The zero-order valence-electron chi connectivity index (χ0n) is 18.9. The van der Waals surface area contributed by atoms with Gasteiger partial charge < -0.3 is 16.4 Å². The summed E-state index contributed by atoms with van der Waals surface area (Å²) in [6, 6.07) is 4.10. The molecule has 5 heterocycles. The predicted molar refractivity (Wildman–Crippen MR) is 127 cm³/mol. The highest BCUT2D eigenvalue weighted by Crippen LogP contribution is 2.48. The molecule has 5 rings (SSSR count). The molecule has 1 fully saturated rings. The number of rotatable bonds is 4. The lowest BCUT2D eigenvalue weighted by atomic mass is 9.73. The van der Waals surface area contributed by atoms with Gasteiger partial charge in [0.15, 0.2) is 5.82 Å². The topological polar surface area (TPSA) is 112 Å². The van der Waals surface area contributed by atoms with Gasteiger partial charge in [-0.3, -0.25) is 4.68 Å². The van der Waals surface area contributed by atoms with E-state index in [9.17, 15) is 0 Å². The van der Waals surface area contributed by atoms with Crippen LogP contribution in [0.5, 0.6) is 0 Å². The molecule has 8 nitrogen and oxygen atoms in total. The Bertz CT molecular complexity index is 1150. The van der Waals surface area contributed by atoms with E-state index in [0.717, 1.165) is 77.3 Å². The summed E-state index contributed by atoms with van der Waals surface area (Å²) in [5, 5.41) is 5.38. The van der Waals surface area contributed by atoms with Gasteiger partial charge in [0.2, 0.25) is 0 Å². The van der Waals surface area contributed by atoms with Gasteiger partial charge in [0, 0.05) is 47.9 Å². The van der Waals surface area contributed by atoms with Crippen molar-refractivity contribution < 1.29 is 0 Å². The Kier molecular flexibility index (Phi) is 5.33. The summed E-state index contributed by atoms with van der Waals surface area (Å²) < 4.78 is 2.08. The van der Waals surface area contributed by atoms with Gasteiger partial charge in [0.25, 0.3) is 0 Å². The van der Waals surface area contributed by atoms with Gasteiger partial charge >= 0.3 is 0 Å². The Morgan fingerprint density at radius 3 is 2.66 bits per heavy atom. The van der Waals surface area contributed by atoms with Crippen LogP contribution in [0.3, 0.4) is 0 Å². The molecular weight excluding hydrogens is 420 g/mol. The Morgan fingerprint density at radius 2 is 1.94 bits per heavy atom. The van der Waals surface area contributed by atoms with Crippen LogP contribution in [-0.2, 0) is 13.0 Å². The van der Waals surface area contributed by atoms with E-state index in [0.29, 0.717) is 5.82 Å². The molecule has 3 aromatic heterocycles. The minimum atomic E-state index is 0.0560. The Morgan fingerprint density at radius 1 is 1.16 bits per heavy atom. The number of nitrogens with zero attached hydrogens (tertiary/aromatic N) is 6. The van der Waals surface area contributed by atoms with E-state index in [1.807, 2.05) is 26.1 Å². The van der Waals surface area contributed by atoms with E-state index in [2.05, 4.69) is 32.7 Å². The van der Waals surface area contributed by atoms with Crippen LogP contribution in [0.4, 0.5) is 11.6 Å². The monoisotopic (exact) mass is 450 g/mol. The average Bonchev–Trinajstić information content (AvgIpc) is 3.34. The third-order valence-corrected chi connectivity index (χ3v) is 8.31. The molecule has 1 atom stereocenters. The summed E-state index contributed by atoms with van der Waals surface area (Å²) in [6.07, 6.45) is 6.50. The molecule has 4 N–H and O–H groups in total. The normalized spacial score (nSPS) is 19.5. The van der Waals surface area contributed by atoms with Crippen molar-refractivity contribution >= 4 is 23.4 Å². The summed E-state index contributed by atoms with van der Waals surface area (Å²) >= 11 is 1.61. The number of pyridine rings is 1. The molecule has 168 valence electrons. The first kappa shape index (κ1) is 21.2. The Labute approximate surface area is 192 Å². The highest BCUT2D eigenvalue weighted by molar-refractivity contribution is 7.99. The average molecular weight is 451 g/mol. The first-order chi connectivity index (χ1) is 15.4. The highest BCUT2D eigenvalue weighted by atomic mass is 32.2. The lowest BCUT2D eigenvalue weighted by Gasteiger charge is -2.42. The number of fused-ring (bicyclic) bond motifs is 1. The summed E-state index contributed by atoms with van der Waals surface area (Å²) in [5.41, 5.74) is 16.9. The molecule has 2 aliphatic rings. The van der Waals surface area contributed by atoms with Crippen molar-refractivity contribution in [2.45, 2.75) is 62.5 Å². The van der Waals surface area contributed by atoms with Crippen LogP contribution in [0, 0.1) is 19.3 Å². The van der Waals surface area contributed by atoms with Gasteiger partial charge in [-0.15, -0.1) is 0 Å². The standard InChI is InChI=1S/C23H30N8S/c1-4-16-21(28-15(3)22(29-16)32-18-6-9-26-20(25)14(18)2)30-11-7-23(8-12-30)13-31-17(19(23)24)5-10-27-31/h5-6,9-10,19H,4,7-8,11-13,24H2,1-3H3,(H2,25,26)/t19-/m1/s1. The van der Waals surface area contributed by atoms with Gasteiger partial charge in [-0.2, -0.15) is 5.10 Å². The molecule has 0 amide bonds. The first-order valence-corrected chi connectivity index (χ1v) is 12.0. The second-order valence-electron chi connectivity index (χ2n) is 8.90. The molecule has 1 spiro atoms. The zero-order valence-corrected chi connectivity index (χ0v) is 19.7. The maximum atomic E-state index is 6.66. The third kappa shape index (κ3) is 3.44. The van der Waals surface area contributed by atoms with E-state index < -0.39 is 0 Å². The smallest absolute Gasteiger partial charge is 0.150 e. The van der Waals surface area contributed by atoms with Crippen molar-refractivity contribution in [3.05, 3.63) is 47.2 Å². The van der Waals surface area contributed by atoms with Crippen LogP contribution < -0.4 is 16.4 Å². The van der Waals surface area contributed by atoms with Crippen LogP contribution >= 0.6 is 11.8 Å². The van der Waals surface area contributed by atoms with E-state index >= 15 is 0 Å². The van der Waals surface area contributed by atoms with Crippen molar-refractivity contribution in [1.29, 1.82) is 0 Å². The second-order valence-corrected chi connectivity index (χ2v) is 9.93. The largest absolute Gasteiger partial charge is 0.383 e. The summed E-state index contributed by atoms with van der Waals surface area (Å²) in [4.78, 5) is 17.7. The maximum absolute atomic E-state index is 6.66. The van der Waals surface area contributed by atoms with Gasteiger partial charge in [-0.25, -0.2) is 15.0 Å². The number of piperidine rings is 1. The minimum Gasteiger partial charge on any atom is -0.383 e. The molecule has 3 aromatic rings. The van der Waals surface area contributed by atoms with Gasteiger partial charge in [0.1, 0.15) is 10.8 Å². The van der Waals surface area contributed by atoms with E-state index in [1.165, 1.54) is 0 Å². The predicted octanol–water partition coefficient (Wildman–Crippen LogP) is 3.28. The van der Waals surface area contributed by atoms with Crippen molar-refractivity contribution in [2.24, 2.45) is 11.1 Å². The third-order valence-electron chi connectivity index (χ3n) is 7.06.